The lowest BCUT2D eigenvalue weighted by Crippen LogP contribution is -2.49. The van der Waals surface area contributed by atoms with E-state index in [1.165, 1.54) is 0 Å². The lowest BCUT2D eigenvalue weighted by Gasteiger charge is -2.33. The standard InChI is InChI=1S/C25H28N2O5/c1-30-19-8-6-17(7-9-19)15-26-21-4-2-3-5-23(21)32-20-14-22(25(26)29)27(16-20)24(28)18-10-12-31-13-11-18/h2-9,18,20,22H,10-16H2,1H3. The second-order valence-corrected chi connectivity index (χ2v) is 8.61. The summed E-state index contributed by atoms with van der Waals surface area (Å²) >= 11 is 0. The first-order chi connectivity index (χ1) is 15.6. The maximum Gasteiger partial charge on any atom is 0.250 e. The summed E-state index contributed by atoms with van der Waals surface area (Å²) in [6, 6.07) is 14.8. The molecule has 2 aromatic rings. The smallest absolute Gasteiger partial charge is 0.250 e. The van der Waals surface area contributed by atoms with Gasteiger partial charge in [0.15, 0.2) is 0 Å². The largest absolute Gasteiger partial charge is 0.497 e. The fourth-order valence-electron chi connectivity index (χ4n) is 4.87. The number of rotatable bonds is 4. The molecule has 0 aromatic heterocycles. The quantitative estimate of drug-likeness (QED) is 0.737. The molecule has 2 unspecified atom stereocenters. The molecule has 5 rings (SSSR count). The van der Waals surface area contributed by atoms with Gasteiger partial charge in [0.05, 0.1) is 25.9 Å². The van der Waals surface area contributed by atoms with Gasteiger partial charge in [0.25, 0.3) is 0 Å². The molecule has 168 valence electrons. The Labute approximate surface area is 187 Å². The first-order valence-corrected chi connectivity index (χ1v) is 11.2. The highest BCUT2D eigenvalue weighted by Crippen LogP contribution is 2.38. The van der Waals surface area contributed by atoms with E-state index in [0.717, 1.165) is 17.0 Å². The van der Waals surface area contributed by atoms with Crippen molar-refractivity contribution in [3.05, 3.63) is 54.1 Å². The highest BCUT2D eigenvalue weighted by molar-refractivity contribution is 6.01. The van der Waals surface area contributed by atoms with Gasteiger partial charge in [-0.05, 0) is 42.7 Å². The van der Waals surface area contributed by atoms with E-state index in [4.69, 9.17) is 14.2 Å². The van der Waals surface area contributed by atoms with Crippen molar-refractivity contribution in [3.8, 4) is 11.5 Å². The number of ether oxygens (including phenoxy) is 3. The van der Waals surface area contributed by atoms with Crippen LogP contribution in [0.25, 0.3) is 0 Å². The number of carbonyl (C=O) groups is 2. The molecule has 0 N–H and O–H groups in total. The number of anilines is 1. The third-order valence-electron chi connectivity index (χ3n) is 6.62. The molecule has 3 aliphatic heterocycles. The summed E-state index contributed by atoms with van der Waals surface area (Å²) in [5.41, 5.74) is 1.72. The minimum absolute atomic E-state index is 0.0492. The van der Waals surface area contributed by atoms with Gasteiger partial charge in [0, 0.05) is 25.6 Å². The van der Waals surface area contributed by atoms with Crippen LogP contribution in [0.1, 0.15) is 24.8 Å². The van der Waals surface area contributed by atoms with E-state index < -0.39 is 6.04 Å². The number of nitrogens with zero attached hydrogens (tertiary/aromatic N) is 2. The molecule has 2 saturated heterocycles. The van der Waals surface area contributed by atoms with Crippen molar-refractivity contribution in [1.29, 1.82) is 0 Å². The lowest BCUT2D eigenvalue weighted by molar-refractivity contribution is -0.143. The molecule has 3 aliphatic rings. The summed E-state index contributed by atoms with van der Waals surface area (Å²) in [6.45, 7) is 2.02. The molecule has 2 bridgehead atoms. The average molecular weight is 437 g/mol. The molecule has 0 radical (unpaired) electrons. The second-order valence-electron chi connectivity index (χ2n) is 8.61. The van der Waals surface area contributed by atoms with Crippen LogP contribution in [0.15, 0.2) is 48.5 Å². The van der Waals surface area contributed by atoms with Crippen LogP contribution in [0.2, 0.25) is 0 Å². The van der Waals surface area contributed by atoms with E-state index in [9.17, 15) is 9.59 Å². The average Bonchev–Trinajstić information content (AvgIpc) is 3.27. The normalized spacial score (nSPS) is 23.2. The van der Waals surface area contributed by atoms with Gasteiger partial charge in [0.2, 0.25) is 11.8 Å². The highest BCUT2D eigenvalue weighted by atomic mass is 16.5. The molecular weight excluding hydrogens is 408 g/mol. The van der Waals surface area contributed by atoms with Crippen molar-refractivity contribution in [2.75, 3.05) is 31.8 Å². The van der Waals surface area contributed by atoms with Crippen LogP contribution in [0.4, 0.5) is 5.69 Å². The van der Waals surface area contributed by atoms with Gasteiger partial charge in [-0.2, -0.15) is 0 Å². The van der Waals surface area contributed by atoms with Crippen LogP contribution >= 0.6 is 0 Å². The van der Waals surface area contributed by atoms with Gasteiger partial charge in [-0.1, -0.05) is 24.3 Å². The van der Waals surface area contributed by atoms with E-state index in [-0.39, 0.29) is 23.8 Å². The fourth-order valence-corrected chi connectivity index (χ4v) is 4.87. The lowest BCUT2D eigenvalue weighted by atomic mass is 9.98. The van der Waals surface area contributed by atoms with Crippen LogP contribution in [-0.2, 0) is 20.9 Å². The van der Waals surface area contributed by atoms with Crippen molar-refractivity contribution >= 4 is 17.5 Å². The number of para-hydroxylation sites is 2. The third-order valence-corrected chi connectivity index (χ3v) is 6.62. The summed E-state index contributed by atoms with van der Waals surface area (Å²) in [7, 11) is 1.63. The SMILES string of the molecule is COc1ccc(CN2C(=O)C3CC(CN3C(=O)C3CCOCC3)Oc3ccccc32)cc1. The predicted octanol–water partition coefficient (Wildman–Crippen LogP) is 3.02. The van der Waals surface area contributed by atoms with Gasteiger partial charge in [-0.25, -0.2) is 0 Å². The number of hydrogen-bond donors (Lipinski definition) is 0. The highest BCUT2D eigenvalue weighted by Gasteiger charge is 2.46. The molecule has 0 saturated carbocycles. The summed E-state index contributed by atoms with van der Waals surface area (Å²) in [5, 5.41) is 0. The number of carbonyl (C=O) groups excluding carboxylic acids is 2. The molecule has 7 heteroatoms. The van der Waals surface area contributed by atoms with Gasteiger partial charge in [0.1, 0.15) is 23.6 Å². The Balaban J connectivity index is 1.46. The van der Waals surface area contributed by atoms with Crippen LogP contribution in [0, 0.1) is 5.92 Å². The van der Waals surface area contributed by atoms with Crippen molar-refractivity contribution in [2.24, 2.45) is 5.92 Å². The van der Waals surface area contributed by atoms with E-state index in [0.29, 0.717) is 51.3 Å². The Morgan fingerprint density at radius 3 is 2.59 bits per heavy atom. The van der Waals surface area contributed by atoms with Gasteiger partial charge in [-0.3, -0.25) is 9.59 Å². The van der Waals surface area contributed by atoms with E-state index in [1.54, 1.807) is 16.9 Å². The van der Waals surface area contributed by atoms with Crippen LogP contribution < -0.4 is 14.4 Å². The molecular formula is C25H28N2O5. The number of methoxy groups -OCH3 is 1. The fraction of sp³-hybridized carbons (Fsp3) is 0.440. The van der Waals surface area contributed by atoms with E-state index in [2.05, 4.69) is 0 Å². The zero-order chi connectivity index (χ0) is 22.1. The molecule has 0 spiro atoms. The van der Waals surface area contributed by atoms with Crippen LogP contribution in [0.3, 0.4) is 0 Å². The maximum absolute atomic E-state index is 13.9. The van der Waals surface area contributed by atoms with Crippen molar-refractivity contribution in [1.82, 2.24) is 4.90 Å². The van der Waals surface area contributed by atoms with Crippen molar-refractivity contribution in [3.63, 3.8) is 0 Å². The molecule has 0 aliphatic carbocycles. The number of hydrogen-bond acceptors (Lipinski definition) is 5. The first kappa shape index (κ1) is 20.8. The third kappa shape index (κ3) is 3.93. The maximum atomic E-state index is 13.9. The Kier molecular flexibility index (Phi) is 5.74. The summed E-state index contributed by atoms with van der Waals surface area (Å²) < 4.78 is 17.0. The van der Waals surface area contributed by atoms with Crippen LogP contribution in [-0.4, -0.2) is 55.7 Å². The number of fused-ring (bicyclic) bond motifs is 3. The van der Waals surface area contributed by atoms with E-state index in [1.807, 2.05) is 48.5 Å². The molecule has 32 heavy (non-hydrogen) atoms. The Hall–Kier alpha value is -3.06. The minimum Gasteiger partial charge on any atom is -0.497 e. The van der Waals surface area contributed by atoms with Gasteiger partial charge in [-0.15, -0.1) is 0 Å². The summed E-state index contributed by atoms with van der Waals surface area (Å²) in [5.74, 6) is 1.35. The van der Waals surface area contributed by atoms with Crippen LogP contribution in [0.5, 0.6) is 11.5 Å². The zero-order valence-electron chi connectivity index (χ0n) is 18.2. The van der Waals surface area contributed by atoms with Crippen molar-refractivity contribution < 1.29 is 23.8 Å². The van der Waals surface area contributed by atoms with Crippen molar-refractivity contribution in [2.45, 2.75) is 38.0 Å². The first-order valence-electron chi connectivity index (χ1n) is 11.2. The summed E-state index contributed by atoms with van der Waals surface area (Å²) in [4.78, 5) is 30.7. The Morgan fingerprint density at radius 1 is 1.09 bits per heavy atom. The van der Waals surface area contributed by atoms with E-state index >= 15 is 0 Å². The zero-order valence-corrected chi connectivity index (χ0v) is 18.2. The Morgan fingerprint density at radius 2 is 1.84 bits per heavy atom. The molecule has 2 amide bonds. The minimum atomic E-state index is -0.512. The second kappa shape index (κ2) is 8.82. The summed E-state index contributed by atoms with van der Waals surface area (Å²) in [6.07, 6.45) is 1.74. The molecule has 2 atom stereocenters. The van der Waals surface area contributed by atoms with Gasteiger partial charge < -0.3 is 24.0 Å². The van der Waals surface area contributed by atoms with Gasteiger partial charge >= 0.3 is 0 Å². The Bertz CT molecular complexity index is 986. The molecule has 3 heterocycles. The molecule has 2 aromatic carbocycles. The topological polar surface area (TPSA) is 68.3 Å². The monoisotopic (exact) mass is 436 g/mol. The number of benzene rings is 2. The molecule has 2 fully saturated rings. The molecule has 7 nitrogen and oxygen atoms in total. The number of likely N-dealkylation sites (tertiary alicyclic amines) is 1. The number of amides is 2. The predicted molar refractivity (Wildman–Crippen MR) is 119 cm³/mol.